The molecule has 1 saturated heterocycles. The SMILES string of the molecule is O=C1NC(c2ccc(Oc3ccccc3)cc2)CO1. The Balaban J connectivity index is 1.71. The third-order valence-electron chi connectivity index (χ3n) is 2.93. The molecule has 19 heavy (non-hydrogen) atoms. The Bertz CT molecular complexity index is 566. The molecule has 1 heterocycles. The molecule has 0 aliphatic carbocycles. The van der Waals surface area contributed by atoms with Crippen molar-refractivity contribution in [2.75, 3.05) is 6.61 Å². The van der Waals surface area contributed by atoms with Crippen LogP contribution in [0.2, 0.25) is 0 Å². The number of para-hydroxylation sites is 1. The lowest BCUT2D eigenvalue weighted by molar-refractivity contribution is 0.177. The van der Waals surface area contributed by atoms with Crippen molar-refractivity contribution in [1.29, 1.82) is 0 Å². The van der Waals surface area contributed by atoms with Crippen molar-refractivity contribution in [3.05, 3.63) is 60.2 Å². The van der Waals surface area contributed by atoms with Crippen LogP contribution in [0.4, 0.5) is 4.79 Å². The fourth-order valence-corrected chi connectivity index (χ4v) is 1.96. The average molecular weight is 255 g/mol. The molecule has 1 N–H and O–H groups in total. The van der Waals surface area contributed by atoms with Gasteiger partial charge in [-0.15, -0.1) is 0 Å². The first-order valence-electron chi connectivity index (χ1n) is 6.07. The van der Waals surface area contributed by atoms with E-state index in [1.807, 2.05) is 54.6 Å². The summed E-state index contributed by atoms with van der Waals surface area (Å²) < 4.78 is 10.6. The highest BCUT2D eigenvalue weighted by Crippen LogP contribution is 2.24. The molecule has 1 unspecified atom stereocenters. The average Bonchev–Trinajstić information content (AvgIpc) is 2.87. The zero-order valence-electron chi connectivity index (χ0n) is 10.2. The van der Waals surface area contributed by atoms with Gasteiger partial charge in [-0.3, -0.25) is 0 Å². The molecule has 1 fully saturated rings. The summed E-state index contributed by atoms with van der Waals surface area (Å²) in [5, 5.41) is 2.74. The van der Waals surface area contributed by atoms with Gasteiger partial charge < -0.3 is 14.8 Å². The second-order valence-electron chi connectivity index (χ2n) is 4.28. The normalized spacial score (nSPS) is 17.7. The second-order valence-corrected chi connectivity index (χ2v) is 4.28. The quantitative estimate of drug-likeness (QED) is 0.915. The van der Waals surface area contributed by atoms with Crippen LogP contribution in [0.5, 0.6) is 11.5 Å². The maximum atomic E-state index is 11.0. The van der Waals surface area contributed by atoms with Gasteiger partial charge in [0.05, 0.1) is 6.04 Å². The number of cyclic esters (lactones) is 1. The molecular weight excluding hydrogens is 242 g/mol. The van der Waals surface area contributed by atoms with Crippen molar-refractivity contribution in [3.8, 4) is 11.5 Å². The molecule has 3 rings (SSSR count). The van der Waals surface area contributed by atoms with E-state index in [2.05, 4.69) is 5.32 Å². The smallest absolute Gasteiger partial charge is 0.407 e. The van der Waals surface area contributed by atoms with E-state index in [9.17, 15) is 4.79 Å². The van der Waals surface area contributed by atoms with Gasteiger partial charge in [0.15, 0.2) is 0 Å². The minimum absolute atomic E-state index is 0.0710. The van der Waals surface area contributed by atoms with Crippen LogP contribution in [0, 0.1) is 0 Å². The predicted octanol–water partition coefficient (Wildman–Crippen LogP) is 3.26. The van der Waals surface area contributed by atoms with Crippen LogP contribution in [0.3, 0.4) is 0 Å². The Labute approximate surface area is 111 Å². The minimum Gasteiger partial charge on any atom is -0.457 e. The lowest BCUT2D eigenvalue weighted by atomic mass is 10.1. The van der Waals surface area contributed by atoms with E-state index in [4.69, 9.17) is 9.47 Å². The topological polar surface area (TPSA) is 47.6 Å². The van der Waals surface area contributed by atoms with Crippen molar-refractivity contribution < 1.29 is 14.3 Å². The van der Waals surface area contributed by atoms with Gasteiger partial charge in [-0.2, -0.15) is 0 Å². The number of nitrogens with one attached hydrogen (secondary N) is 1. The highest BCUT2D eigenvalue weighted by Gasteiger charge is 2.23. The molecule has 0 radical (unpaired) electrons. The maximum absolute atomic E-state index is 11.0. The van der Waals surface area contributed by atoms with Crippen molar-refractivity contribution in [2.45, 2.75) is 6.04 Å². The molecule has 1 amide bonds. The highest BCUT2D eigenvalue weighted by molar-refractivity contribution is 5.70. The lowest BCUT2D eigenvalue weighted by Gasteiger charge is -2.09. The summed E-state index contributed by atoms with van der Waals surface area (Å²) in [5.74, 6) is 1.56. The van der Waals surface area contributed by atoms with Crippen LogP contribution in [-0.2, 0) is 4.74 Å². The van der Waals surface area contributed by atoms with Crippen LogP contribution in [0.25, 0.3) is 0 Å². The zero-order chi connectivity index (χ0) is 13.1. The summed E-state index contributed by atoms with van der Waals surface area (Å²) in [6.45, 7) is 0.373. The summed E-state index contributed by atoms with van der Waals surface area (Å²) >= 11 is 0. The molecule has 2 aromatic carbocycles. The standard InChI is InChI=1S/C15H13NO3/c17-15-16-14(10-18-15)11-6-8-13(9-7-11)19-12-4-2-1-3-5-12/h1-9,14H,10H2,(H,16,17). The molecule has 0 bridgehead atoms. The van der Waals surface area contributed by atoms with E-state index >= 15 is 0 Å². The molecule has 0 spiro atoms. The van der Waals surface area contributed by atoms with Gasteiger partial charge in [-0.1, -0.05) is 30.3 Å². The summed E-state index contributed by atoms with van der Waals surface area (Å²) in [6, 6.07) is 17.1. The van der Waals surface area contributed by atoms with E-state index in [0.29, 0.717) is 6.61 Å². The number of hydrogen-bond donors (Lipinski definition) is 1. The third-order valence-corrected chi connectivity index (χ3v) is 2.93. The van der Waals surface area contributed by atoms with Crippen molar-refractivity contribution in [1.82, 2.24) is 5.32 Å². The van der Waals surface area contributed by atoms with Crippen molar-refractivity contribution in [3.63, 3.8) is 0 Å². The van der Waals surface area contributed by atoms with Gasteiger partial charge in [0, 0.05) is 0 Å². The van der Waals surface area contributed by atoms with Gasteiger partial charge in [-0.25, -0.2) is 4.79 Å². The van der Waals surface area contributed by atoms with Crippen LogP contribution in [0.1, 0.15) is 11.6 Å². The fraction of sp³-hybridized carbons (Fsp3) is 0.133. The van der Waals surface area contributed by atoms with Crippen LogP contribution in [0.15, 0.2) is 54.6 Å². The molecule has 4 nitrogen and oxygen atoms in total. The number of amides is 1. The number of alkyl carbamates (subject to hydrolysis) is 1. The molecular formula is C15H13NO3. The lowest BCUT2D eigenvalue weighted by Crippen LogP contribution is -2.18. The highest BCUT2D eigenvalue weighted by atomic mass is 16.6. The van der Waals surface area contributed by atoms with Crippen molar-refractivity contribution >= 4 is 6.09 Å². The number of rotatable bonds is 3. The Kier molecular flexibility index (Phi) is 3.06. The molecule has 4 heteroatoms. The number of benzene rings is 2. The van der Waals surface area contributed by atoms with Gasteiger partial charge in [0.1, 0.15) is 18.1 Å². The number of carbonyl (C=O) groups excluding carboxylic acids is 1. The van der Waals surface area contributed by atoms with E-state index in [-0.39, 0.29) is 12.1 Å². The number of hydrogen-bond acceptors (Lipinski definition) is 3. The first-order valence-corrected chi connectivity index (χ1v) is 6.07. The first-order chi connectivity index (χ1) is 9.31. The van der Waals surface area contributed by atoms with Gasteiger partial charge in [0.25, 0.3) is 0 Å². The fourth-order valence-electron chi connectivity index (χ4n) is 1.96. The van der Waals surface area contributed by atoms with E-state index in [1.165, 1.54) is 0 Å². The van der Waals surface area contributed by atoms with E-state index < -0.39 is 0 Å². The van der Waals surface area contributed by atoms with E-state index in [1.54, 1.807) is 0 Å². The summed E-state index contributed by atoms with van der Waals surface area (Å²) in [5.41, 5.74) is 1.01. The Morgan fingerprint density at radius 2 is 1.68 bits per heavy atom. The maximum Gasteiger partial charge on any atom is 0.407 e. The Morgan fingerprint density at radius 1 is 1.00 bits per heavy atom. The van der Waals surface area contributed by atoms with Gasteiger partial charge in [0.2, 0.25) is 0 Å². The van der Waals surface area contributed by atoms with Gasteiger partial charge in [-0.05, 0) is 29.8 Å². The van der Waals surface area contributed by atoms with E-state index in [0.717, 1.165) is 17.1 Å². The minimum atomic E-state index is -0.366. The van der Waals surface area contributed by atoms with Crippen LogP contribution in [-0.4, -0.2) is 12.7 Å². The molecule has 1 aliphatic heterocycles. The van der Waals surface area contributed by atoms with Crippen LogP contribution < -0.4 is 10.1 Å². The summed E-state index contributed by atoms with van der Waals surface area (Å²) in [6.07, 6.45) is -0.366. The largest absolute Gasteiger partial charge is 0.457 e. The predicted molar refractivity (Wildman–Crippen MR) is 70.2 cm³/mol. The molecule has 1 aliphatic rings. The Hall–Kier alpha value is -2.49. The zero-order valence-corrected chi connectivity index (χ0v) is 10.2. The molecule has 96 valence electrons. The third kappa shape index (κ3) is 2.68. The number of carbonyl (C=O) groups is 1. The molecule has 0 saturated carbocycles. The monoisotopic (exact) mass is 255 g/mol. The van der Waals surface area contributed by atoms with Crippen molar-refractivity contribution in [2.24, 2.45) is 0 Å². The summed E-state index contributed by atoms with van der Waals surface area (Å²) in [7, 11) is 0. The first kappa shape index (κ1) is 11.6. The molecule has 2 aromatic rings. The summed E-state index contributed by atoms with van der Waals surface area (Å²) in [4.78, 5) is 11.0. The molecule has 1 atom stereocenters. The Morgan fingerprint density at radius 3 is 2.32 bits per heavy atom. The van der Waals surface area contributed by atoms with Gasteiger partial charge >= 0.3 is 6.09 Å². The second kappa shape index (κ2) is 5.02. The molecule has 0 aromatic heterocycles. The number of ether oxygens (including phenoxy) is 2. The van der Waals surface area contributed by atoms with Crippen LogP contribution >= 0.6 is 0 Å².